The Morgan fingerprint density at radius 2 is 2.05 bits per heavy atom. The topological polar surface area (TPSA) is 43.8 Å². The van der Waals surface area contributed by atoms with Gasteiger partial charge in [0.15, 0.2) is 0 Å². The maximum absolute atomic E-state index is 12.5. The number of β-amino-alcohol motifs (C(OH)–C–C–N with tert-alkyl or cyclic N) is 1. The highest BCUT2D eigenvalue weighted by atomic mass is 16.3. The quantitative estimate of drug-likeness (QED) is 0.905. The average molecular weight is 276 g/mol. The second kappa shape index (κ2) is 5.94. The minimum Gasteiger partial charge on any atom is -0.390 e. The number of hydrogen-bond acceptors (Lipinski definition) is 3. The van der Waals surface area contributed by atoms with Crippen LogP contribution >= 0.6 is 0 Å². The molecule has 4 nitrogen and oxygen atoms in total. The monoisotopic (exact) mass is 276 g/mol. The highest BCUT2D eigenvalue weighted by Gasteiger charge is 2.27. The zero-order valence-electron chi connectivity index (χ0n) is 12.8. The molecule has 0 radical (unpaired) electrons. The van der Waals surface area contributed by atoms with Crippen LogP contribution in [0.15, 0.2) is 18.2 Å². The van der Waals surface area contributed by atoms with E-state index in [1.807, 2.05) is 46.0 Å². The molecule has 4 heteroatoms. The molecule has 0 aromatic heterocycles. The minimum absolute atomic E-state index is 0.0571. The fourth-order valence-electron chi connectivity index (χ4n) is 2.47. The molecular weight excluding hydrogens is 252 g/mol. The van der Waals surface area contributed by atoms with Gasteiger partial charge in [-0.25, -0.2) is 0 Å². The predicted molar refractivity (Wildman–Crippen MR) is 79.9 cm³/mol. The molecule has 1 heterocycles. The van der Waals surface area contributed by atoms with Crippen LogP contribution in [-0.4, -0.2) is 59.6 Å². The third-order valence-electron chi connectivity index (χ3n) is 4.20. The van der Waals surface area contributed by atoms with Crippen molar-refractivity contribution in [2.75, 3.05) is 26.7 Å². The molecule has 1 saturated heterocycles. The maximum Gasteiger partial charge on any atom is 0.253 e. The number of likely N-dealkylation sites (tertiary alicyclic amines) is 1. The second-order valence-corrected chi connectivity index (χ2v) is 5.94. The highest BCUT2D eigenvalue weighted by Crippen LogP contribution is 2.14. The van der Waals surface area contributed by atoms with E-state index < -0.39 is 0 Å². The molecule has 0 bridgehead atoms. The first kappa shape index (κ1) is 15.0. The lowest BCUT2D eigenvalue weighted by Crippen LogP contribution is -2.55. The molecule has 1 atom stereocenters. The van der Waals surface area contributed by atoms with Crippen LogP contribution in [0.5, 0.6) is 0 Å². The Labute approximate surface area is 121 Å². The molecule has 1 amide bonds. The maximum atomic E-state index is 12.5. The van der Waals surface area contributed by atoms with Crippen molar-refractivity contribution < 1.29 is 9.90 Å². The number of aliphatic hydroxyl groups is 1. The number of nitrogens with zero attached hydrogens (tertiary/aromatic N) is 2. The van der Waals surface area contributed by atoms with Gasteiger partial charge >= 0.3 is 0 Å². The Morgan fingerprint density at radius 1 is 1.40 bits per heavy atom. The summed E-state index contributed by atoms with van der Waals surface area (Å²) in [6, 6.07) is 5.97. The van der Waals surface area contributed by atoms with Crippen molar-refractivity contribution in [1.82, 2.24) is 9.80 Å². The summed E-state index contributed by atoms with van der Waals surface area (Å²) < 4.78 is 0. The van der Waals surface area contributed by atoms with Gasteiger partial charge in [0.1, 0.15) is 0 Å². The van der Waals surface area contributed by atoms with Gasteiger partial charge < -0.3 is 10.0 Å². The molecule has 110 valence electrons. The largest absolute Gasteiger partial charge is 0.390 e. The van der Waals surface area contributed by atoms with Crippen LogP contribution in [0.3, 0.4) is 0 Å². The summed E-state index contributed by atoms with van der Waals surface area (Å²) >= 11 is 0. The Balaban J connectivity index is 1.98. The molecule has 1 aromatic rings. The van der Waals surface area contributed by atoms with Crippen LogP contribution in [0.25, 0.3) is 0 Å². The fourth-order valence-corrected chi connectivity index (χ4v) is 2.47. The number of hydrogen-bond donors (Lipinski definition) is 1. The van der Waals surface area contributed by atoms with Gasteiger partial charge in [-0.15, -0.1) is 0 Å². The molecule has 1 aliphatic rings. The summed E-state index contributed by atoms with van der Waals surface area (Å²) in [6.45, 7) is 8.36. The van der Waals surface area contributed by atoms with Crippen molar-refractivity contribution in [3.63, 3.8) is 0 Å². The number of carbonyl (C=O) groups excluding carboxylic acids is 1. The van der Waals surface area contributed by atoms with Crippen LogP contribution in [-0.2, 0) is 0 Å². The van der Waals surface area contributed by atoms with Crippen molar-refractivity contribution in [3.8, 4) is 0 Å². The summed E-state index contributed by atoms with van der Waals surface area (Å²) in [7, 11) is 1.85. The van der Waals surface area contributed by atoms with E-state index in [4.69, 9.17) is 0 Å². The first-order valence-corrected chi connectivity index (χ1v) is 7.13. The Morgan fingerprint density at radius 3 is 2.60 bits per heavy atom. The smallest absolute Gasteiger partial charge is 0.253 e. The van der Waals surface area contributed by atoms with E-state index in [2.05, 4.69) is 4.90 Å². The van der Waals surface area contributed by atoms with Crippen molar-refractivity contribution in [2.24, 2.45) is 0 Å². The van der Waals surface area contributed by atoms with Gasteiger partial charge in [0.2, 0.25) is 0 Å². The van der Waals surface area contributed by atoms with Gasteiger partial charge in [-0.2, -0.15) is 0 Å². The van der Waals surface area contributed by atoms with Crippen molar-refractivity contribution in [2.45, 2.75) is 32.9 Å². The van der Waals surface area contributed by atoms with Gasteiger partial charge in [-0.1, -0.05) is 6.07 Å². The van der Waals surface area contributed by atoms with Crippen molar-refractivity contribution in [3.05, 3.63) is 34.9 Å². The molecule has 1 fully saturated rings. The van der Waals surface area contributed by atoms with Crippen molar-refractivity contribution >= 4 is 5.91 Å². The Kier molecular flexibility index (Phi) is 4.45. The standard InChI is InChI=1S/C16H24N2O2/c1-11-5-6-14(7-12(11)2)16(20)17(4)13(3)8-18-9-15(19)10-18/h5-7,13,15,19H,8-10H2,1-4H3. The number of aryl methyl sites for hydroxylation is 2. The van der Waals surface area contributed by atoms with Gasteiger partial charge in [-0.3, -0.25) is 9.69 Å². The lowest BCUT2D eigenvalue weighted by atomic mass is 10.0. The lowest BCUT2D eigenvalue weighted by molar-refractivity contribution is -0.00873. The van der Waals surface area contributed by atoms with E-state index in [1.165, 1.54) is 5.56 Å². The number of amides is 1. The molecule has 1 N–H and O–H groups in total. The molecule has 0 spiro atoms. The first-order chi connectivity index (χ1) is 9.38. The fraction of sp³-hybridized carbons (Fsp3) is 0.562. The van der Waals surface area contributed by atoms with Gasteiger partial charge in [-0.05, 0) is 44.0 Å². The molecule has 0 saturated carbocycles. The zero-order chi connectivity index (χ0) is 14.9. The van der Waals surface area contributed by atoms with Gasteiger partial charge in [0.05, 0.1) is 6.10 Å². The van der Waals surface area contributed by atoms with Crippen LogP contribution < -0.4 is 0 Å². The van der Waals surface area contributed by atoms with E-state index in [0.717, 1.165) is 30.8 Å². The van der Waals surface area contributed by atoms with Gasteiger partial charge in [0.25, 0.3) is 5.91 Å². The lowest BCUT2D eigenvalue weighted by Gasteiger charge is -2.39. The number of rotatable bonds is 4. The number of carbonyl (C=O) groups is 1. The predicted octanol–water partition coefficient (Wildman–Crippen LogP) is 1.44. The molecule has 1 aliphatic heterocycles. The summed E-state index contributed by atoms with van der Waals surface area (Å²) in [5.41, 5.74) is 3.08. The van der Waals surface area contributed by atoms with Crippen LogP contribution in [0, 0.1) is 13.8 Å². The van der Waals surface area contributed by atoms with Crippen LogP contribution in [0.4, 0.5) is 0 Å². The third-order valence-corrected chi connectivity index (χ3v) is 4.20. The molecule has 0 aliphatic carbocycles. The zero-order valence-corrected chi connectivity index (χ0v) is 12.8. The van der Waals surface area contributed by atoms with E-state index in [-0.39, 0.29) is 18.1 Å². The molecule has 2 rings (SSSR count). The average Bonchev–Trinajstić information content (AvgIpc) is 2.38. The Bertz CT molecular complexity index is 495. The normalized spacial score (nSPS) is 17.6. The van der Waals surface area contributed by atoms with Gasteiger partial charge in [0, 0.05) is 38.3 Å². The number of likely N-dealkylation sites (N-methyl/N-ethyl adjacent to an activating group) is 1. The van der Waals surface area contributed by atoms with E-state index >= 15 is 0 Å². The van der Waals surface area contributed by atoms with E-state index in [1.54, 1.807) is 4.90 Å². The molecule has 1 aromatic carbocycles. The molecular formula is C16H24N2O2. The number of benzene rings is 1. The van der Waals surface area contributed by atoms with E-state index in [9.17, 15) is 9.90 Å². The third kappa shape index (κ3) is 3.19. The molecule has 20 heavy (non-hydrogen) atoms. The SMILES string of the molecule is Cc1ccc(C(=O)N(C)C(C)CN2CC(O)C2)cc1C. The van der Waals surface area contributed by atoms with Crippen molar-refractivity contribution in [1.29, 1.82) is 0 Å². The Hall–Kier alpha value is -1.39. The number of aliphatic hydroxyl groups excluding tert-OH is 1. The minimum atomic E-state index is -0.192. The summed E-state index contributed by atoms with van der Waals surface area (Å²) in [6.07, 6.45) is -0.192. The van der Waals surface area contributed by atoms with E-state index in [0.29, 0.717) is 0 Å². The molecule has 1 unspecified atom stereocenters. The highest BCUT2D eigenvalue weighted by molar-refractivity contribution is 5.94. The first-order valence-electron chi connectivity index (χ1n) is 7.13. The summed E-state index contributed by atoms with van der Waals surface area (Å²) in [4.78, 5) is 16.4. The summed E-state index contributed by atoms with van der Waals surface area (Å²) in [5.74, 6) is 0.0571. The van der Waals surface area contributed by atoms with Crippen LogP contribution in [0.2, 0.25) is 0 Å². The van der Waals surface area contributed by atoms with Crippen LogP contribution in [0.1, 0.15) is 28.4 Å². The summed E-state index contributed by atoms with van der Waals surface area (Å²) in [5, 5.41) is 9.29. The second-order valence-electron chi connectivity index (χ2n) is 5.94.